The van der Waals surface area contributed by atoms with Gasteiger partial charge in [0.25, 0.3) is 5.56 Å². The maximum atomic E-state index is 12.4. The van der Waals surface area contributed by atoms with Crippen molar-refractivity contribution < 1.29 is 19.1 Å². The highest BCUT2D eigenvalue weighted by Crippen LogP contribution is 2.17. The largest absolute Gasteiger partial charge is 0.476 e. The van der Waals surface area contributed by atoms with E-state index in [1.165, 1.54) is 10.6 Å². The number of rotatable bonds is 9. The Hall–Kier alpha value is -2.98. The maximum Gasteiger partial charge on any atom is 0.357 e. The zero-order valence-electron chi connectivity index (χ0n) is 16.7. The molecule has 0 unspecified atom stereocenters. The van der Waals surface area contributed by atoms with Crippen LogP contribution < -0.4 is 5.56 Å². The van der Waals surface area contributed by atoms with Gasteiger partial charge in [0.05, 0.1) is 6.20 Å². The minimum atomic E-state index is -1.18. The first kappa shape index (κ1) is 20.7. The van der Waals surface area contributed by atoms with Gasteiger partial charge < -0.3 is 18.8 Å². The van der Waals surface area contributed by atoms with Crippen molar-refractivity contribution in [3.63, 3.8) is 0 Å². The first-order chi connectivity index (χ1) is 13.7. The second-order valence-electron chi connectivity index (χ2n) is 7.93. The third kappa shape index (κ3) is 5.75. The minimum Gasteiger partial charge on any atom is -0.476 e. The number of carbonyl (C=O) groups is 1. The predicted molar refractivity (Wildman–Crippen MR) is 109 cm³/mol. The van der Waals surface area contributed by atoms with Crippen LogP contribution in [0.5, 0.6) is 0 Å². The van der Waals surface area contributed by atoms with Crippen molar-refractivity contribution in [1.82, 2.24) is 19.3 Å². The average Bonchev–Trinajstić information content (AvgIpc) is 3.29. The van der Waals surface area contributed by atoms with Crippen LogP contribution in [-0.2, 0) is 18.0 Å². The molecule has 3 rings (SSSR count). The van der Waals surface area contributed by atoms with Gasteiger partial charge in [-0.25, -0.2) is 14.5 Å². The van der Waals surface area contributed by atoms with Crippen LogP contribution in [0.25, 0.3) is 11.1 Å². The third-order valence-electron chi connectivity index (χ3n) is 4.26. The van der Waals surface area contributed by atoms with E-state index in [-0.39, 0.29) is 23.7 Å². The van der Waals surface area contributed by atoms with Gasteiger partial charge in [-0.3, -0.25) is 4.79 Å². The van der Waals surface area contributed by atoms with Crippen LogP contribution in [0.3, 0.4) is 0 Å². The summed E-state index contributed by atoms with van der Waals surface area (Å²) in [5, 5.41) is 13.2. The summed E-state index contributed by atoms with van der Waals surface area (Å²) >= 11 is 0. The third-order valence-corrected chi connectivity index (χ3v) is 5.96. The van der Waals surface area contributed by atoms with E-state index in [9.17, 15) is 9.59 Å². The summed E-state index contributed by atoms with van der Waals surface area (Å²) in [5.41, 5.74) is 1.10. The topological polar surface area (TPSA) is 112 Å². The minimum absolute atomic E-state index is 0.0522. The molecule has 29 heavy (non-hydrogen) atoms. The highest BCUT2D eigenvalue weighted by Gasteiger charge is 2.13. The van der Waals surface area contributed by atoms with Gasteiger partial charge in [0.2, 0.25) is 5.89 Å². The SMILES string of the molecule is C[Si](C)(C)CCOCn1cc(-c2ccn(Cc3nc(C(=O)O)co3)c(=O)c2)cn1. The van der Waals surface area contributed by atoms with Gasteiger partial charge in [-0.2, -0.15) is 5.10 Å². The Bertz CT molecular complexity index is 1050. The molecule has 0 radical (unpaired) electrons. The van der Waals surface area contributed by atoms with Crippen LogP contribution >= 0.6 is 0 Å². The van der Waals surface area contributed by atoms with E-state index in [0.29, 0.717) is 13.3 Å². The van der Waals surface area contributed by atoms with Crippen LogP contribution in [0.1, 0.15) is 16.4 Å². The molecule has 0 bridgehead atoms. The summed E-state index contributed by atoms with van der Waals surface area (Å²) in [5.74, 6) is -1.02. The monoisotopic (exact) mass is 416 g/mol. The van der Waals surface area contributed by atoms with Crippen LogP contribution in [-0.4, -0.2) is 45.1 Å². The van der Waals surface area contributed by atoms with Gasteiger partial charge in [0.15, 0.2) is 5.69 Å². The van der Waals surface area contributed by atoms with Crippen molar-refractivity contribution >= 4 is 14.0 Å². The zero-order valence-corrected chi connectivity index (χ0v) is 17.7. The highest BCUT2D eigenvalue weighted by atomic mass is 28.3. The van der Waals surface area contributed by atoms with Crippen molar-refractivity contribution in [1.29, 1.82) is 0 Å². The molecule has 0 fully saturated rings. The molecule has 0 spiro atoms. The summed E-state index contributed by atoms with van der Waals surface area (Å²) in [6, 6.07) is 4.38. The first-order valence-corrected chi connectivity index (χ1v) is 12.9. The summed E-state index contributed by atoms with van der Waals surface area (Å²) in [6.07, 6.45) is 6.19. The van der Waals surface area contributed by atoms with Gasteiger partial charge >= 0.3 is 5.97 Å². The molecular formula is C19H24N4O5Si. The van der Waals surface area contributed by atoms with Gasteiger partial charge in [-0.1, -0.05) is 19.6 Å². The molecule has 1 N–H and O–H groups in total. The smallest absolute Gasteiger partial charge is 0.357 e. The molecule has 10 heteroatoms. The summed E-state index contributed by atoms with van der Waals surface area (Å²) in [4.78, 5) is 27.1. The Balaban J connectivity index is 1.63. The fourth-order valence-corrected chi connectivity index (χ4v) is 3.32. The molecule has 0 amide bonds. The number of hydrogen-bond acceptors (Lipinski definition) is 6. The Morgan fingerprint density at radius 1 is 1.31 bits per heavy atom. The maximum absolute atomic E-state index is 12.4. The summed E-state index contributed by atoms with van der Waals surface area (Å²) in [6.45, 7) is 8.05. The van der Waals surface area contributed by atoms with Crippen LogP contribution in [0.2, 0.25) is 25.7 Å². The van der Waals surface area contributed by atoms with Crippen molar-refractivity contribution in [2.24, 2.45) is 0 Å². The Morgan fingerprint density at radius 2 is 2.10 bits per heavy atom. The lowest BCUT2D eigenvalue weighted by Crippen LogP contribution is -2.22. The van der Waals surface area contributed by atoms with E-state index < -0.39 is 14.0 Å². The molecule has 0 aliphatic rings. The molecule has 9 nitrogen and oxygen atoms in total. The number of aromatic nitrogens is 4. The van der Waals surface area contributed by atoms with Crippen molar-refractivity contribution in [2.75, 3.05) is 6.61 Å². The van der Waals surface area contributed by atoms with Crippen LogP contribution in [0, 0.1) is 0 Å². The Morgan fingerprint density at radius 3 is 2.76 bits per heavy atom. The van der Waals surface area contributed by atoms with E-state index >= 15 is 0 Å². The molecule has 0 saturated carbocycles. The summed E-state index contributed by atoms with van der Waals surface area (Å²) < 4.78 is 13.9. The Kier molecular flexibility index (Phi) is 6.14. The van der Waals surface area contributed by atoms with E-state index in [1.807, 2.05) is 6.20 Å². The van der Waals surface area contributed by atoms with E-state index in [1.54, 1.807) is 23.1 Å². The van der Waals surface area contributed by atoms with Crippen molar-refractivity contribution in [3.8, 4) is 11.1 Å². The van der Waals surface area contributed by atoms with Gasteiger partial charge in [-0.05, 0) is 17.7 Å². The molecular weight excluding hydrogens is 392 g/mol. The number of carboxylic acid groups (broad SMARTS) is 1. The normalized spacial score (nSPS) is 11.7. The van der Waals surface area contributed by atoms with E-state index in [2.05, 4.69) is 29.7 Å². The molecule has 3 aromatic rings. The van der Waals surface area contributed by atoms with Gasteiger partial charge in [-0.15, -0.1) is 0 Å². The fraction of sp³-hybridized carbons (Fsp3) is 0.368. The molecule has 154 valence electrons. The lowest BCUT2D eigenvalue weighted by Gasteiger charge is -2.15. The zero-order chi connectivity index (χ0) is 21.0. The fourth-order valence-electron chi connectivity index (χ4n) is 2.57. The van der Waals surface area contributed by atoms with Crippen LogP contribution in [0.4, 0.5) is 0 Å². The van der Waals surface area contributed by atoms with Gasteiger partial charge in [0.1, 0.15) is 19.5 Å². The molecule has 3 heterocycles. The predicted octanol–water partition coefficient (Wildman–Crippen LogP) is 2.76. The molecule has 0 aliphatic heterocycles. The number of oxazole rings is 1. The lowest BCUT2D eigenvalue weighted by molar-refractivity contribution is 0.0690. The first-order valence-electron chi connectivity index (χ1n) is 9.20. The number of carboxylic acids is 1. The van der Waals surface area contributed by atoms with E-state index in [4.69, 9.17) is 14.3 Å². The number of ether oxygens (including phenoxy) is 1. The molecule has 0 saturated heterocycles. The standard InChI is InChI=1S/C19H24N4O5Si/c1-29(2,3)7-6-27-13-23-10-15(9-20-23)14-4-5-22(18(24)8-14)11-17-21-16(12-28-17)19(25)26/h4-5,8-10,12H,6-7,11,13H2,1-3H3,(H,25,26). The van der Waals surface area contributed by atoms with Crippen molar-refractivity contribution in [3.05, 3.63) is 58.9 Å². The number of pyridine rings is 1. The molecule has 3 aromatic heterocycles. The van der Waals surface area contributed by atoms with E-state index in [0.717, 1.165) is 23.4 Å². The number of aromatic carboxylic acids is 1. The lowest BCUT2D eigenvalue weighted by atomic mass is 10.1. The number of hydrogen-bond donors (Lipinski definition) is 1. The second-order valence-corrected chi connectivity index (χ2v) is 13.6. The second kappa shape index (κ2) is 8.58. The molecule has 0 aromatic carbocycles. The van der Waals surface area contributed by atoms with Crippen LogP contribution in [0.15, 0.2) is 46.2 Å². The molecule has 0 aliphatic carbocycles. The summed E-state index contributed by atoms with van der Waals surface area (Å²) in [7, 11) is -1.12. The van der Waals surface area contributed by atoms with Gasteiger partial charge in [0, 0.05) is 38.7 Å². The highest BCUT2D eigenvalue weighted by molar-refractivity contribution is 6.76. The quantitative estimate of drug-likeness (QED) is 0.421. The molecule has 0 atom stereocenters. The number of nitrogens with zero attached hydrogens (tertiary/aromatic N) is 4. The van der Waals surface area contributed by atoms with Crippen molar-refractivity contribution in [2.45, 2.75) is 39.0 Å². The average molecular weight is 417 g/mol. The Labute approximate surface area is 168 Å².